The van der Waals surface area contributed by atoms with Crippen LogP contribution in [0.25, 0.3) is 101 Å². The molecule has 11 aromatic rings. The van der Waals surface area contributed by atoms with Gasteiger partial charge in [-0.2, -0.15) is 0 Å². The van der Waals surface area contributed by atoms with Crippen LogP contribution < -0.4 is 0 Å². The van der Waals surface area contributed by atoms with Crippen LogP contribution in [0.15, 0.2) is 217 Å². The summed E-state index contributed by atoms with van der Waals surface area (Å²) in [6, 6.07) is 75.9. The van der Waals surface area contributed by atoms with Gasteiger partial charge >= 0.3 is 0 Å². The van der Waals surface area contributed by atoms with Crippen molar-refractivity contribution in [2.45, 2.75) is 5.41 Å². The van der Waals surface area contributed by atoms with Crippen LogP contribution in [-0.2, 0) is 5.41 Å². The van der Waals surface area contributed by atoms with E-state index in [0.29, 0.717) is 17.5 Å². The molecular formula is C58H35N3O. The molecule has 0 N–H and O–H groups in total. The highest BCUT2D eigenvalue weighted by atomic mass is 16.3. The maximum atomic E-state index is 6.57. The number of rotatable bonds is 4. The van der Waals surface area contributed by atoms with Crippen LogP contribution in [0.4, 0.5) is 0 Å². The fourth-order valence-corrected chi connectivity index (χ4v) is 10.3. The molecule has 0 radical (unpaired) electrons. The molecular weight excluding hydrogens is 755 g/mol. The number of nitrogens with zero attached hydrogens (tertiary/aromatic N) is 3. The molecule has 0 unspecified atom stereocenters. The van der Waals surface area contributed by atoms with E-state index < -0.39 is 5.41 Å². The second-order valence-corrected chi connectivity index (χ2v) is 16.2. The smallest absolute Gasteiger partial charge is 0.167 e. The lowest BCUT2D eigenvalue weighted by atomic mass is 9.66. The normalized spacial score (nSPS) is 13.0. The van der Waals surface area contributed by atoms with Gasteiger partial charge in [-0.3, -0.25) is 0 Å². The van der Waals surface area contributed by atoms with Crippen LogP contribution in [0.5, 0.6) is 0 Å². The number of benzene rings is 9. The lowest BCUT2D eigenvalue weighted by Gasteiger charge is -2.35. The second-order valence-electron chi connectivity index (χ2n) is 16.2. The quantitative estimate of drug-likeness (QED) is 0.178. The summed E-state index contributed by atoms with van der Waals surface area (Å²) in [5.41, 5.74) is 18.2. The predicted octanol–water partition coefficient (Wildman–Crippen LogP) is 14.4. The molecule has 2 heterocycles. The molecule has 0 fully saturated rings. The predicted molar refractivity (Wildman–Crippen MR) is 251 cm³/mol. The van der Waals surface area contributed by atoms with Crippen LogP contribution in [-0.4, -0.2) is 15.0 Å². The van der Waals surface area contributed by atoms with Crippen molar-refractivity contribution in [1.29, 1.82) is 0 Å². The van der Waals surface area contributed by atoms with Gasteiger partial charge in [-0.05, 0) is 85.0 Å². The van der Waals surface area contributed by atoms with E-state index in [-0.39, 0.29) is 0 Å². The molecule has 2 aromatic heterocycles. The number of para-hydroxylation sites is 2. The molecule has 0 aliphatic heterocycles. The van der Waals surface area contributed by atoms with Crippen molar-refractivity contribution in [2.75, 3.05) is 0 Å². The Morgan fingerprint density at radius 3 is 1.42 bits per heavy atom. The Bertz CT molecular complexity index is 3520. The lowest BCUT2D eigenvalue weighted by molar-refractivity contribution is 0.669. The van der Waals surface area contributed by atoms with E-state index in [0.717, 1.165) is 49.8 Å². The van der Waals surface area contributed by atoms with Crippen LogP contribution in [0.2, 0.25) is 0 Å². The average molecular weight is 790 g/mol. The summed E-state index contributed by atoms with van der Waals surface area (Å²) < 4.78 is 6.57. The van der Waals surface area contributed by atoms with E-state index >= 15 is 0 Å². The Hall–Kier alpha value is -8.21. The van der Waals surface area contributed by atoms with E-state index in [1.807, 2.05) is 24.3 Å². The lowest BCUT2D eigenvalue weighted by Crippen LogP contribution is -2.29. The van der Waals surface area contributed by atoms with Gasteiger partial charge in [0.2, 0.25) is 0 Å². The molecule has 288 valence electrons. The number of aromatic nitrogens is 3. The maximum Gasteiger partial charge on any atom is 0.167 e. The molecule has 2 aliphatic rings. The van der Waals surface area contributed by atoms with Crippen molar-refractivity contribution >= 4 is 21.9 Å². The number of hydrogen-bond acceptors (Lipinski definition) is 4. The zero-order valence-corrected chi connectivity index (χ0v) is 33.5. The summed E-state index contributed by atoms with van der Waals surface area (Å²) in [6.07, 6.45) is 0. The van der Waals surface area contributed by atoms with Crippen molar-refractivity contribution in [3.63, 3.8) is 0 Å². The van der Waals surface area contributed by atoms with E-state index in [4.69, 9.17) is 19.4 Å². The van der Waals surface area contributed by atoms with Gasteiger partial charge in [0.05, 0.1) is 11.0 Å². The molecule has 0 amide bonds. The third kappa shape index (κ3) is 4.98. The van der Waals surface area contributed by atoms with Crippen LogP contribution in [0.3, 0.4) is 0 Å². The first kappa shape index (κ1) is 34.6. The highest BCUT2D eigenvalue weighted by Gasteiger charge is 2.49. The van der Waals surface area contributed by atoms with Crippen molar-refractivity contribution in [3.05, 3.63) is 235 Å². The molecule has 2 aliphatic carbocycles. The topological polar surface area (TPSA) is 51.8 Å². The first-order valence-electron chi connectivity index (χ1n) is 21.1. The molecule has 0 saturated heterocycles. The highest BCUT2D eigenvalue weighted by molar-refractivity contribution is 6.09. The fraction of sp³-hybridized carbons (Fsp3) is 0.0172. The third-order valence-electron chi connectivity index (χ3n) is 13.0. The first-order valence-corrected chi connectivity index (χ1v) is 21.1. The van der Waals surface area contributed by atoms with Gasteiger partial charge in [0.25, 0.3) is 0 Å². The summed E-state index contributed by atoms with van der Waals surface area (Å²) in [5.74, 6) is 1.75. The van der Waals surface area contributed by atoms with Crippen LogP contribution in [0, 0.1) is 0 Å². The summed E-state index contributed by atoms with van der Waals surface area (Å²) in [7, 11) is 0. The van der Waals surface area contributed by atoms with Gasteiger partial charge < -0.3 is 4.42 Å². The Morgan fingerprint density at radius 2 is 0.742 bits per heavy atom. The van der Waals surface area contributed by atoms with Crippen molar-refractivity contribution < 1.29 is 4.42 Å². The van der Waals surface area contributed by atoms with Gasteiger partial charge in [-0.1, -0.05) is 194 Å². The SMILES string of the molecule is c1ccc(-c2ccc(-c3nc(-c4ccc5c(c4)C4(c6ccccc6-c6ccccc6-c6ccccc64)c4ccccc4-5)nc(-c4cccc5c4oc4ccccc45)n3)cc2)cc1. The second kappa shape index (κ2) is 13.4. The minimum Gasteiger partial charge on any atom is -0.455 e. The van der Waals surface area contributed by atoms with Crippen molar-refractivity contribution in [3.8, 4) is 78.7 Å². The fourth-order valence-electron chi connectivity index (χ4n) is 10.3. The number of hydrogen-bond donors (Lipinski definition) is 0. The molecule has 4 nitrogen and oxygen atoms in total. The Morgan fingerprint density at radius 1 is 0.290 bits per heavy atom. The van der Waals surface area contributed by atoms with Crippen molar-refractivity contribution in [1.82, 2.24) is 15.0 Å². The zero-order valence-electron chi connectivity index (χ0n) is 33.5. The minimum absolute atomic E-state index is 0.556. The standard InChI is InChI=1S/C58H35N3O/c1-2-15-36(16-3-1)37-29-31-38(32-30-37)55-59-56(61-57(60-55)48-24-14-23-47-46-22-9-13-28-53(46)62-54(47)48)39-33-34-45-44-21-8-12-27-51(44)58(52(45)35-39)49-25-10-6-19-42(49)40-17-4-5-18-41(40)43-20-7-11-26-50(43)58/h1-35H. The summed E-state index contributed by atoms with van der Waals surface area (Å²) in [6.45, 7) is 0. The Balaban J connectivity index is 1.07. The van der Waals surface area contributed by atoms with E-state index in [1.165, 1.54) is 55.6 Å². The van der Waals surface area contributed by atoms with Gasteiger partial charge in [-0.15, -0.1) is 0 Å². The summed E-state index contributed by atoms with van der Waals surface area (Å²) in [4.78, 5) is 15.9. The van der Waals surface area contributed by atoms with Crippen LogP contribution >= 0.6 is 0 Å². The van der Waals surface area contributed by atoms with Gasteiger partial charge in [0, 0.05) is 21.9 Å². The monoisotopic (exact) mass is 789 g/mol. The van der Waals surface area contributed by atoms with Gasteiger partial charge in [0.1, 0.15) is 11.2 Å². The molecule has 13 rings (SSSR count). The highest BCUT2D eigenvalue weighted by Crippen LogP contribution is 2.61. The zero-order chi connectivity index (χ0) is 40.8. The molecule has 1 spiro atoms. The van der Waals surface area contributed by atoms with Gasteiger partial charge in [0.15, 0.2) is 17.5 Å². The molecule has 0 bridgehead atoms. The molecule has 4 heteroatoms. The average Bonchev–Trinajstić information content (AvgIpc) is 3.84. The van der Waals surface area contributed by atoms with E-state index in [1.54, 1.807) is 0 Å². The van der Waals surface area contributed by atoms with E-state index in [9.17, 15) is 0 Å². The molecule has 62 heavy (non-hydrogen) atoms. The number of furan rings is 1. The first-order chi connectivity index (χ1) is 30.7. The molecule has 9 aromatic carbocycles. The summed E-state index contributed by atoms with van der Waals surface area (Å²) in [5, 5.41) is 2.09. The van der Waals surface area contributed by atoms with E-state index in [2.05, 4.69) is 188 Å². The minimum atomic E-state index is -0.625. The Labute approximate surface area is 358 Å². The Kier molecular flexibility index (Phi) is 7.49. The third-order valence-corrected chi connectivity index (χ3v) is 13.0. The van der Waals surface area contributed by atoms with Gasteiger partial charge in [-0.25, -0.2) is 15.0 Å². The molecule has 0 atom stereocenters. The van der Waals surface area contributed by atoms with Crippen LogP contribution in [0.1, 0.15) is 22.3 Å². The largest absolute Gasteiger partial charge is 0.455 e. The summed E-state index contributed by atoms with van der Waals surface area (Å²) >= 11 is 0. The van der Waals surface area contributed by atoms with Crippen molar-refractivity contribution in [2.24, 2.45) is 0 Å². The maximum absolute atomic E-state index is 6.57. The molecule has 0 saturated carbocycles. The number of fused-ring (bicyclic) bond motifs is 15.